The van der Waals surface area contributed by atoms with Gasteiger partial charge in [-0.2, -0.15) is 0 Å². The summed E-state index contributed by atoms with van der Waals surface area (Å²) in [5.74, 6) is 0.108. The lowest BCUT2D eigenvalue weighted by molar-refractivity contribution is -0.119. The van der Waals surface area contributed by atoms with Gasteiger partial charge in [0.2, 0.25) is 5.91 Å². The van der Waals surface area contributed by atoms with E-state index < -0.39 is 0 Å². The quantitative estimate of drug-likeness (QED) is 0.616. The van der Waals surface area contributed by atoms with Gasteiger partial charge in [0.05, 0.1) is 17.6 Å². The Morgan fingerprint density at radius 3 is 2.96 bits per heavy atom. The Bertz CT molecular complexity index is 742. The second kappa shape index (κ2) is 8.12. The highest BCUT2D eigenvalue weighted by Gasteiger charge is 2.16. The first-order valence-electron chi connectivity index (χ1n) is 7.88. The summed E-state index contributed by atoms with van der Waals surface area (Å²) in [6, 6.07) is 10.9. The molecule has 1 aromatic heterocycles. The Morgan fingerprint density at radius 2 is 2.21 bits per heavy atom. The number of H-pyrrole nitrogens is 1. The molecule has 0 bridgehead atoms. The van der Waals surface area contributed by atoms with Gasteiger partial charge in [-0.25, -0.2) is 4.98 Å². The molecular weight excluding hydrogens is 326 g/mol. The van der Waals surface area contributed by atoms with Crippen LogP contribution in [-0.2, 0) is 9.53 Å². The fraction of sp³-hybridized carbons (Fsp3) is 0.353. The zero-order chi connectivity index (χ0) is 16.8. The number of hydrogen-bond donors (Lipinski definition) is 2. The highest BCUT2D eigenvalue weighted by Crippen LogP contribution is 2.18. The van der Waals surface area contributed by atoms with Crippen molar-refractivity contribution in [1.29, 1.82) is 0 Å². The normalized spacial score (nSPS) is 16.9. The molecule has 2 heterocycles. The average Bonchev–Trinajstić information content (AvgIpc) is 3.12. The summed E-state index contributed by atoms with van der Waals surface area (Å²) >= 11 is 1.21. The molecule has 126 valence electrons. The first kappa shape index (κ1) is 16.7. The molecule has 2 N–H and O–H groups in total. The molecule has 0 saturated carbocycles. The number of hydrogen-bond acceptors (Lipinski definition) is 5. The second-order valence-electron chi connectivity index (χ2n) is 5.53. The SMILES string of the molecule is O=C(CSc1nc(-c2ccccc2)cc(=O)[nH]1)NC[C@H]1CCCO1. The van der Waals surface area contributed by atoms with Gasteiger partial charge in [0.25, 0.3) is 5.56 Å². The predicted octanol–water partition coefficient (Wildman–Crippen LogP) is 1.82. The van der Waals surface area contributed by atoms with Gasteiger partial charge in [0, 0.05) is 24.8 Å². The number of carbonyl (C=O) groups is 1. The third-order valence-corrected chi connectivity index (χ3v) is 4.55. The van der Waals surface area contributed by atoms with Crippen LogP contribution >= 0.6 is 11.8 Å². The molecule has 1 atom stereocenters. The largest absolute Gasteiger partial charge is 0.376 e. The van der Waals surface area contributed by atoms with Gasteiger partial charge >= 0.3 is 0 Å². The lowest BCUT2D eigenvalue weighted by atomic mass is 10.1. The second-order valence-corrected chi connectivity index (χ2v) is 6.49. The molecule has 0 unspecified atom stereocenters. The zero-order valence-electron chi connectivity index (χ0n) is 13.2. The number of nitrogens with one attached hydrogen (secondary N) is 2. The molecule has 0 aliphatic carbocycles. The van der Waals surface area contributed by atoms with Crippen molar-refractivity contribution >= 4 is 17.7 Å². The van der Waals surface area contributed by atoms with E-state index in [2.05, 4.69) is 15.3 Å². The summed E-state index contributed by atoms with van der Waals surface area (Å²) in [4.78, 5) is 30.8. The molecule has 0 spiro atoms. The Labute approximate surface area is 144 Å². The molecule has 24 heavy (non-hydrogen) atoms. The van der Waals surface area contributed by atoms with Crippen molar-refractivity contribution < 1.29 is 9.53 Å². The van der Waals surface area contributed by atoms with E-state index in [4.69, 9.17) is 4.74 Å². The van der Waals surface area contributed by atoms with E-state index in [-0.39, 0.29) is 23.3 Å². The Kier molecular flexibility index (Phi) is 5.66. The van der Waals surface area contributed by atoms with E-state index in [1.54, 1.807) is 0 Å². The number of amides is 1. The highest BCUT2D eigenvalue weighted by molar-refractivity contribution is 7.99. The molecule has 3 rings (SSSR count). The van der Waals surface area contributed by atoms with Crippen LogP contribution in [0.4, 0.5) is 0 Å². The van der Waals surface area contributed by atoms with Crippen LogP contribution in [0.2, 0.25) is 0 Å². The van der Waals surface area contributed by atoms with Crippen LogP contribution in [0.15, 0.2) is 46.3 Å². The van der Waals surface area contributed by atoms with Crippen molar-refractivity contribution in [1.82, 2.24) is 15.3 Å². The first-order valence-corrected chi connectivity index (χ1v) is 8.87. The van der Waals surface area contributed by atoms with Crippen LogP contribution in [0.3, 0.4) is 0 Å². The topological polar surface area (TPSA) is 84.1 Å². The number of aromatic amines is 1. The molecule has 7 heteroatoms. The van der Waals surface area contributed by atoms with E-state index in [0.29, 0.717) is 17.4 Å². The summed E-state index contributed by atoms with van der Waals surface area (Å²) in [6.45, 7) is 1.31. The van der Waals surface area contributed by atoms with Gasteiger partial charge in [-0.1, -0.05) is 42.1 Å². The van der Waals surface area contributed by atoms with Gasteiger partial charge in [0.1, 0.15) is 0 Å². The maximum Gasteiger partial charge on any atom is 0.252 e. The Balaban J connectivity index is 1.57. The molecular formula is C17H19N3O3S. The summed E-state index contributed by atoms with van der Waals surface area (Å²) in [6.07, 6.45) is 2.16. The number of benzene rings is 1. The fourth-order valence-electron chi connectivity index (χ4n) is 2.48. The standard InChI is InChI=1S/C17H19N3O3S/c21-15-9-14(12-5-2-1-3-6-12)19-17(20-15)24-11-16(22)18-10-13-7-4-8-23-13/h1-3,5-6,9,13H,4,7-8,10-11H2,(H,18,22)(H,19,20,21)/t13-/m1/s1. The maximum atomic E-state index is 11.9. The third kappa shape index (κ3) is 4.69. The Morgan fingerprint density at radius 1 is 1.38 bits per heavy atom. The maximum absolute atomic E-state index is 11.9. The van der Waals surface area contributed by atoms with E-state index in [1.807, 2.05) is 30.3 Å². The number of rotatable bonds is 6. The van der Waals surface area contributed by atoms with Crippen molar-refractivity contribution in [2.45, 2.75) is 24.1 Å². The minimum atomic E-state index is -0.230. The number of nitrogens with zero attached hydrogens (tertiary/aromatic N) is 1. The average molecular weight is 345 g/mol. The van der Waals surface area contributed by atoms with E-state index in [1.165, 1.54) is 17.8 Å². The van der Waals surface area contributed by atoms with E-state index >= 15 is 0 Å². The molecule has 6 nitrogen and oxygen atoms in total. The van der Waals surface area contributed by atoms with Gasteiger partial charge < -0.3 is 15.0 Å². The van der Waals surface area contributed by atoms with Crippen LogP contribution in [0.5, 0.6) is 0 Å². The number of carbonyl (C=O) groups excluding carboxylic acids is 1. The zero-order valence-corrected chi connectivity index (χ0v) is 14.0. The summed E-state index contributed by atoms with van der Waals surface area (Å²) in [7, 11) is 0. The molecule has 2 aromatic rings. The summed E-state index contributed by atoms with van der Waals surface area (Å²) in [5, 5.41) is 3.29. The smallest absolute Gasteiger partial charge is 0.252 e. The van der Waals surface area contributed by atoms with Gasteiger partial charge in [-0.15, -0.1) is 0 Å². The molecule has 0 radical (unpaired) electrons. The van der Waals surface area contributed by atoms with Crippen molar-refractivity contribution in [3.05, 3.63) is 46.8 Å². The number of ether oxygens (including phenoxy) is 1. The molecule has 1 aromatic carbocycles. The molecule has 1 saturated heterocycles. The van der Waals surface area contributed by atoms with E-state index in [9.17, 15) is 9.59 Å². The first-order chi connectivity index (χ1) is 11.7. The van der Waals surface area contributed by atoms with Gasteiger partial charge in [-0.3, -0.25) is 9.59 Å². The highest BCUT2D eigenvalue weighted by atomic mass is 32.2. The van der Waals surface area contributed by atoms with Gasteiger partial charge in [0.15, 0.2) is 5.16 Å². The van der Waals surface area contributed by atoms with E-state index in [0.717, 1.165) is 25.0 Å². The van der Waals surface area contributed by atoms with Gasteiger partial charge in [-0.05, 0) is 12.8 Å². The van der Waals surface area contributed by atoms with Crippen LogP contribution < -0.4 is 10.9 Å². The van der Waals surface area contributed by atoms with Crippen molar-refractivity contribution in [3.8, 4) is 11.3 Å². The number of thioether (sulfide) groups is 1. The summed E-state index contributed by atoms with van der Waals surface area (Å²) < 4.78 is 5.47. The molecule has 1 aliphatic rings. The van der Waals surface area contributed by atoms with Crippen LogP contribution in [-0.4, -0.2) is 40.9 Å². The Hall–Kier alpha value is -2.12. The number of aromatic nitrogens is 2. The van der Waals surface area contributed by atoms with Crippen LogP contribution in [0, 0.1) is 0 Å². The minimum Gasteiger partial charge on any atom is -0.376 e. The molecule has 1 aliphatic heterocycles. The monoisotopic (exact) mass is 345 g/mol. The third-order valence-electron chi connectivity index (χ3n) is 3.68. The predicted molar refractivity (Wildman–Crippen MR) is 93.0 cm³/mol. The lowest BCUT2D eigenvalue weighted by Gasteiger charge is -2.10. The van der Waals surface area contributed by atoms with Crippen molar-refractivity contribution in [2.75, 3.05) is 18.9 Å². The fourth-order valence-corrected chi connectivity index (χ4v) is 3.18. The summed E-state index contributed by atoms with van der Waals surface area (Å²) in [5.41, 5.74) is 1.24. The molecule has 1 amide bonds. The minimum absolute atomic E-state index is 0.0942. The lowest BCUT2D eigenvalue weighted by Crippen LogP contribution is -2.33. The van der Waals surface area contributed by atoms with Crippen molar-refractivity contribution in [2.24, 2.45) is 0 Å². The van der Waals surface area contributed by atoms with Crippen molar-refractivity contribution in [3.63, 3.8) is 0 Å². The van der Waals surface area contributed by atoms with Crippen LogP contribution in [0.25, 0.3) is 11.3 Å². The molecule has 1 fully saturated rings. The van der Waals surface area contributed by atoms with Crippen LogP contribution in [0.1, 0.15) is 12.8 Å².